The zero-order chi connectivity index (χ0) is 14.0. The van der Waals surface area contributed by atoms with Gasteiger partial charge < -0.3 is 10.6 Å². The first-order valence-corrected chi connectivity index (χ1v) is 6.20. The average molecular weight is 265 g/mol. The number of primary amides is 1. The normalized spacial score (nSPS) is 23.2. The summed E-state index contributed by atoms with van der Waals surface area (Å²) in [5.74, 6) is -1.87. The quantitative estimate of drug-likeness (QED) is 0.770. The lowest BCUT2D eigenvalue weighted by atomic mass is 9.90. The third-order valence-corrected chi connectivity index (χ3v) is 3.40. The van der Waals surface area contributed by atoms with Crippen molar-refractivity contribution in [3.63, 3.8) is 0 Å². The van der Waals surface area contributed by atoms with Crippen molar-refractivity contribution >= 4 is 11.8 Å². The number of hydrogen-bond donors (Lipinski definition) is 1. The Morgan fingerprint density at radius 3 is 2.79 bits per heavy atom. The van der Waals surface area contributed by atoms with Crippen molar-refractivity contribution in [1.82, 2.24) is 9.88 Å². The van der Waals surface area contributed by atoms with Crippen LogP contribution in [0.5, 0.6) is 0 Å². The molecule has 19 heavy (non-hydrogen) atoms. The highest BCUT2D eigenvalue weighted by Gasteiger charge is 2.33. The highest BCUT2D eigenvalue weighted by atomic mass is 19.1. The summed E-state index contributed by atoms with van der Waals surface area (Å²) >= 11 is 0. The number of nitrogens with zero attached hydrogens (tertiary/aromatic N) is 2. The van der Waals surface area contributed by atoms with Gasteiger partial charge in [0.25, 0.3) is 0 Å². The molecule has 0 spiro atoms. The second-order valence-corrected chi connectivity index (χ2v) is 4.96. The minimum Gasteiger partial charge on any atom is -0.361 e. The van der Waals surface area contributed by atoms with Crippen LogP contribution < -0.4 is 5.73 Å². The van der Waals surface area contributed by atoms with E-state index in [0.29, 0.717) is 24.4 Å². The molecule has 5 nitrogen and oxygen atoms in total. The number of carbonyl (C=O) groups is 2. The Morgan fingerprint density at radius 2 is 2.16 bits per heavy atom. The molecular formula is C13H16FN3O2. The fourth-order valence-electron chi connectivity index (χ4n) is 2.48. The summed E-state index contributed by atoms with van der Waals surface area (Å²) in [5.41, 5.74) is 5.66. The van der Waals surface area contributed by atoms with E-state index >= 15 is 0 Å². The summed E-state index contributed by atoms with van der Waals surface area (Å²) in [7, 11) is 0. The number of nitrogens with two attached hydrogens (primary N) is 1. The molecule has 2 amide bonds. The molecule has 0 saturated carbocycles. The molecule has 102 valence electrons. The van der Waals surface area contributed by atoms with Crippen LogP contribution in [0.2, 0.25) is 0 Å². The van der Waals surface area contributed by atoms with Gasteiger partial charge in [-0.2, -0.15) is 0 Å². The van der Waals surface area contributed by atoms with Gasteiger partial charge in [0.2, 0.25) is 0 Å². The largest absolute Gasteiger partial charge is 0.361 e. The predicted octanol–water partition coefficient (Wildman–Crippen LogP) is 1.01. The van der Waals surface area contributed by atoms with Crippen LogP contribution in [0, 0.1) is 11.7 Å². The van der Waals surface area contributed by atoms with E-state index < -0.39 is 17.6 Å². The van der Waals surface area contributed by atoms with E-state index in [1.807, 2.05) is 6.92 Å². The number of hydrogen-bond acceptors (Lipinski definition) is 3. The molecule has 2 heterocycles. The van der Waals surface area contributed by atoms with Crippen molar-refractivity contribution in [3.8, 4) is 0 Å². The van der Waals surface area contributed by atoms with Crippen LogP contribution in [0.4, 0.5) is 4.39 Å². The van der Waals surface area contributed by atoms with E-state index in [4.69, 9.17) is 5.73 Å². The summed E-state index contributed by atoms with van der Waals surface area (Å²) in [6.45, 7) is 2.45. The number of likely N-dealkylation sites (tertiary alicyclic amines) is 1. The Labute approximate surface area is 110 Å². The molecular weight excluding hydrogens is 249 g/mol. The number of halogens is 1. The molecule has 2 rings (SSSR count). The standard InChI is InChI=1S/C13H16FN3O2/c1-8-2-3-11(9-4-10(14)6-16-5-9)17(7-8)13(19)12(15)18/h4-6,8,11H,2-3,7H2,1H3,(H2,15,18)/t8-,11+/m0/s1. The van der Waals surface area contributed by atoms with Gasteiger partial charge in [0.15, 0.2) is 0 Å². The summed E-state index contributed by atoms with van der Waals surface area (Å²) < 4.78 is 13.2. The first-order valence-electron chi connectivity index (χ1n) is 6.20. The Kier molecular flexibility index (Phi) is 3.78. The Balaban J connectivity index is 2.30. The Hall–Kier alpha value is -1.98. The fraction of sp³-hybridized carbons (Fsp3) is 0.462. The number of pyridine rings is 1. The summed E-state index contributed by atoms with van der Waals surface area (Å²) in [6.07, 6.45) is 4.20. The van der Waals surface area contributed by atoms with E-state index in [0.717, 1.165) is 12.6 Å². The smallest absolute Gasteiger partial charge is 0.312 e. The Morgan fingerprint density at radius 1 is 1.42 bits per heavy atom. The van der Waals surface area contributed by atoms with Gasteiger partial charge in [0, 0.05) is 12.7 Å². The fourth-order valence-corrected chi connectivity index (χ4v) is 2.48. The van der Waals surface area contributed by atoms with Gasteiger partial charge in [-0.15, -0.1) is 0 Å². The van der Waals surface area contributed by atoms with Gasteiger partial charge in [0.1, 0.15) is 5.82 Å². The van der Waals surface area contributed by atoms with Crippen LogP contribution >= 0.6 is 0 Å². The highest BCUT2D eigenvalue weighted by molar-refractivity contribution is 6.34. The van der Waals surface area contributed by atoms with Crippen LogP contribution in [-0.2, 0) is 9.59 Å². The second-order valence-electron chi connectivity index (χ2n) is 4.96. The second kappa shape index (κ2) is 5.34. The van der Waals surface area contributed by atoms with Crippen molar-refractivity contribution < 1.29 is 14.0 Å². The number of piperidine rings is 1. The van der Waals surface area contributed by atoms with Gasteiger partial charge >= 0.3 is 11.8 Å². The lowest BCUT2D eigenvalue weighted by molar-refractivity contribution is -0.147. The van der Waals surface area contributed by atoms with Gasteiger partial charge in [-0.1, -0.05) is 6.92 Å². The number of aromatic nitrogens is 1. The van der Waals surface area contributed by atoms with Crippen molar-refractivity contribution in [2.24, 2.45) is 11.7 Å². The van der Waals surface area contributed by atoms with Crippen molar-refractivity contribution in [2.45, 2.75) is 25.8 Å². The number of carbonyl (C=O) groups excluding carboxylic acids is 2. The number of amides is 2. The van der Waals surface area contributed by atoms with Crippen molar-refractivity contribution in [1.29, 1.82) is 0 Å². The third kappa shape index (κ3) is 2.89. The number of rotatable bonds is 1. The molecule has 0 aliphatic carbocycles. The molecule has 0 unspecified atom stereocenters. The maximum absolute atomic E-state index is 13.2. The molecule has 6 heteroatoms. The van der Waals surface area contributed by atoms with Crippen LogP contribution in [0.15, 0.2) is 18.5 Å². The Bertz CT molecular complexity index is 506. The minimum atomic E-state index is -0.983. The predicted molar refractivity (Wildman–Crippen MR) is 66.2 cm³/mol. The van der Waals surface area contributed by atoms with Crippen molar-refractivity contribution in [2.75, 3.05) is 6.54 Å². The summed E-state index contributed by atoms with van der Waals surface area (Å²) in [6, 6.07) is 1.01. The van der Waals surface area contributed by atoms with E-state index in [-0.39, 0.29) is 6.04 Å². The lowest BCUT2D eigenvalue weighted by Gasteiger charge is -2.38. The monoisotopic (exact) mass is 265 g/mol. The zero-order valence-corrected chi connectivity index (χ0v) is 10.7. The molecule has 2 atom stereocenters. The molecule has 0 aromatic carbocycles. The molecule has 1 aromatic heterocycles. The summed E-state index contributed by atoms with van der Waals surface area (Å²) in [5, 5.41) is 0. The van der Waals surface area contributed by atoms with Crippen LogP contribution in [0.3, 0.4) is 0 Å². The van der Waals surface area contributed by atoms with E-state index in [1.165, 1.54) is 17.2 Å². The van der Waals surface area contributed by atoms with E-state index in [9.17, 15) is 14.0 Å². The molecule has 1 aliphatic rings. The topological polar surface area (TPSA) is 76.3 Å². The SMILES string of the molecule is C[C@H]1CC[C@H](c2cncc(F)c2)N(C(=O)C(N)=O)C1. The zero-order valence-electron chi connectivity index (χ0n) is 10.7. The maximum Gasteiger partial charge on any atom is 0.312 e. The molecule has 0 bridgehead atoms. The molecule has 1 aromatic rings. The maximum atomic E-state index is 13.2. The van der Waals surface area contributed by atoms with Gasteiger partial charge in [-0.05, 0) is 30.4 Å². The van der Waals surface area contributed by atoms with Crippen molar-refractivity contribution in [3.05, 3.63) is 29.8 Å². The first-order chi connectivity index (χ1) is 8.99. The molecule has 1 aliphatic heterocycles. The molecule has 1 saturated heterocycles. The minimum absolute atomic E-state index is 0.293. The van der Waals surface area contributed by atoms with Gasteiger partial charge in [0.05, 0.1) is 12.2 Å². The molecule has 0 radical (unpaired) electrons. The molecule has 1 fully saturated rings. The van der Waals surface area contributed by atoms with Gasteiger partial charge in [-0.25, -0.2) is 4.39 Å². The van der Waals surface area contributed by atoms with Crippen LogP contribution in [0.1, 0.15) is 31.4 Å². The van der Waals surface area contributed by atoms with E-state index in [2.05, 4.69) is 4.98 Å². The first kappa shape index (κ1) is 13.5. The highest BCUT2D eigenvalue weighted by Crippen LogP contribution is 2.33. The van der Waals surface area contributed by atoms with Gasteiger partial charge in [-0.3, -0.25) is 14.6 Å². The third-order valence-electron chi connectivity index (χ3n) is 3.40. The van der Waals surface area contributed by atoms with Crippen LogP contribution in [-0.4, -0.2) is 28.2 Å². The molecule has 2 N–H and O–H groups in total. The summed E-state index contributed by atoms with van der Waals surface area (Å²) in [4.78, 5) is 28.2. The van der Waals surface area contributed by atoms with Crippen LogP contribution in [0.25, 0.3) is 0 Å². The average Bonchev–Trinajstić information content (AvgIpc) is 2.37. The van der Waals surface area contributed by atoms with E-state index in [1.54, 1.807) is 0 Å². The lowest BCUT2D eigenvalue weighted by Crippen LogP contribution is -2.46.